The van der Waals surface area contributed by atoms with Crippen LogP contribution in [0.3, 0.4) is 0 Å². The van der Waals surface area contributed by atoms with Gasteiger partial charge < -0.3 is 25.6 Å². The minimum absolute atomic E-state index is 0. The van der Waals surface area contributed by atoms with Crippen LogP contribution in [-0.2, 0) is 14.3 Å². The average molecular weight is 481 g/mol. The molecule has 0 spiro atoms. The Morgan fingerprint density at radius 1 is 1.19 bits per heavy atom. The van der Waals surface area contributed by atoms with Crippen molar-refractivity contribution in [2.24, 2.45) is 10.9 Å². The van der Waals surface area contributed by atoms with E-state index in [9.17, 15) is 9.59 Å². The number of carbonyl (C=O) groups is 2. The van der Waals surface area contributed by atoms with E-state index >= 15 is 0 Å². The molecule has 0 bridgehead atoms. The van der Waals surface area contributed by atoms with E-state index in [2.05, 4.69) is 20.9 Å². The van der Waals surface area contributed by atoms with Crippen molar-refractivity contribution >= 4 is 41.8 Å². The first-order chi connectivity index (χ1) is 12.1. The van der Waals surface area contributed by atoms with E-state index in [1.807, 2.05) is 4.90 Å². The third kappa shape index (κ3) is 7.26. The molecule has 150 valence electrons. The van der Waals surface area contributed by atoms with Gasteiger partial charge in [0.05, 0.1) is 13.2 Å². The maximum absolute atomic E-state index is 12.5. The fraction of sp³-hybridized carbons (Fsp3) is 0.824. The highest BCUT2D eigenvalue weighted by atomic mass is 127. The lowest BCUT2D eigenvalue weighted by molar-refractivity contribution is -0.134. The first-order valence-corrected chi connectivity index (χ1v) is 9.15. The molecule has 9 heteroatoms. The Balaban J connectivity index is 0.00000338. The first kappa shape index (κ1) is 22.9. The van der Waals surface area contributed by atoms with Crippen LogP contribution in [0.1, 0.15) is 32.1 Å². The molecule has 2 fully saturated rings. The van der Waals surface area contributed by atoms with E-state index in [-0.39, 0.29) is 48.4 Å². The predicted octanol–water partition coefficient (Wildman–Crippen LogP) is 0.323. The number of hydrogen-bond donors (Lipinski definition) is 3. The Hall–Kier alpha value is -1.10. The lowest BCUT2D eigenvalue weighted by atomic mass is 10.1. The van der Waals surface area contributed by atoms with Gasteiger partial charge in [-0.15, -0.1) is 24.0 Å². The van der Waals surface area contributed by atoms with E-state index in [0.717, 1.165) is 25.8 Å². The minimum Gasteiger partial charge on any atom is -0.383 e. The van der Waals surface area contributed by atoms with Gasteiger partial charge in [0.2, 0.25) is 11.8 Å². The number of carbonyl (C=O) groups excluding carboxylic acids is 2. The van der Waals surface area contributed by atoms with E-state index < -0.39 is 0 Å². The molecule has 26 heavy (non-hydrogen) atoms. The van der Waals surface area contributed by atoms with E-state index in [4.69, 9.17) is 4.74 Å². The van der Waals surface area contributed by atoms with Gasteiger partial charge in [-0.25, -0.2) is 0 Å². The summed E-state index contributed by atoms with van der Waals surface area (Å²) in [6.07, 6.45) is 5.33. The number of amides is 2. The number of halogens is 1. The van der Waals surface area contributed by atoms with Gasteiger partial charge in [0.15, 0.2) is 5.96 Å². The number of rotatable bonds is 7. The standard InChI is InChI=1S/C17H31N5O3.HI/c1-18-17(20-11-15(23)19-8-10-25-2)21-14-7-9-22(12-14)16(24)13-5-3-4-6-13;/h13-14H,3-12H2,1-2H3,(H,19,23)(H2,18,20,21);1H. The number of aliphatic imine (C=N–C) groups is 1. The number of nitrogens with one attached hydrogen (secondary N) is 3. The molecule has 1 saturated carbocycles. The highest BCUT2D eigenvalue weighted by molar-refractivity contribution is 14.0. The maximum atomic E-state index is 12.5. The fourth-order valence-electron chi connectivity index (χ4n) is 3.42. The fourth-order valence-corrected chi connectivity index (χ4v) is 3.42. The Bertz CT molecular complexity index is 483. The predicted molar refractivity (Wildman–Crippen MR) is 112 cm³/mol. The number of guanidine groups is 1. The summed E-state index contributed by atoms with van der Waals surface area (Å²) >= 11 is 0. The van der Waals surface area contributed by atoms with Gasteiger partial charge in [0.1, 0.15) is 0 Å². The monoisotopic (exact) mass is 481 g/mol. The number of ether oxygens (including phenoxy) is 1. The number of likely N-dealkylation sites (tertiary alicyclic amines) is 1. The SMILES string of the molecule is CN=C(NCC(=O)NCCOC)NC1CCN(C(=O)C2CCCC2)C1.I. The highest BCUT2D eigenvalue weighted by Crippen LogP contribution is 2.27. The van der Waals surface area contributed by atoms with Crippen molar-refractivity contribution in [3.63, 3.8) is 0 Å². The van der Waals surface area contributed by atoms with Crippen molar-refractivity contribution < 1.29 is 14.3 Å². The van der Waals surface area contributed by atoms with Crippen molar-refractivity contribution in [2.75, 3.05) is 46.9 Å². The smallest absolute Gasteiger partial charge is 0.239 e. The topological polar surface area (TPSA) is 95.1 Å². The summed E-state index contributed by atoms with van der Waals surface area (Å²) < 4.78 is 4.89. The second-order valence-corrected chi connectivity index (χ2v) is 6.66. The third-order valence-electron chi connectivity index (χ3n) is 4.81. The minimum atomic E-state index is -0.107. The Morgan fingerprint density at radius 2 is 1.92 bits per heavy atom. The van der Waals surface area contributed by atoms with Gasteiger partial charge in [0.25, 0.3) is 0 Å². The number of methoxy groups -OCH3 is 1. The zero-order valence-electron chi connectivity index (χ0n) is 15.8. The summed E-state index contributed by atoms with van der Waals surface area (Å²) in [6, 6.07) is 0.174. The van der Waals surface area contributed by atoms with E-state index in [1.165, 1.54) is 12.8 Å². The van der Waals surface area contributed by atoms with Crippen LogP contribution >= 0.6 is 24.0 Å². The molecular formula is C17H32IN5O3. The molecule has 8 nitrogen and oxygen atoms in total. The maximum Gasteiger partial charge on any atom is 0.239 e. The second kappa shape index (κ2) is 12.3. The molecule has 0 aromatic carbocycles. The molecule has 0 aromatic heterocycles. The normalized spacial score (nSPS) is 20.6. The highest BCUT2D eigenvalue weighted by Gasteiger charge is 2.32. The van der Waals surface area contributed by atoms with Crippen molar-refractivity contribution in [2.45, 2.75) is 38.1 Å². The van der Waals surface area contributed by atoms with Crippen molar-refractivity contribution in [1.29, 1.82) is 0 Å². The summed E-state index contributed by atoms with van der Waals surface area (Å²) in [5.74, 6) is 1.01. The summed E-state index contributed by atoms with van der Waals surface area (Å²) in [4.78, 5) is 30.3. The van der Waals surface area contributed by atoms with Gasteiger partial charge in [-0.2, -0.15) is 0 Å². The molecule has 1 unspecified atom stereocenters. The van der Waals surface area contributed by atoms with E-state index in [0.29, 0.717) is 31.6 Å². The molecular weight excluding hydrogens is 449 g/mol. The lowest BCUT2D eigenvalue weighted by Gasteiger charge is -2.21. The molecule has 0 radical (unpaired) electrons. The molecule has 1 atom stereocenters. The molecule has 2 amide bonds. The van der Waals surface area contributed by atoms with Crippen LogP contribution in [0.5, 0.6) is 0 Å². The summed E-state index contributed by atoms with van der Waals surface area (Å²) in [6.45, 7) is 2.63. The largest absolute Gasteiger partial charge is 0.383 e. The molecule has 3 N–H and O–H groups in total. The zero-order chi connectivity index (χ0) is 18.1. The van der Waals surface area contributed by atoms with Crippen LogP contribution in [0, 0.1) is 5.92 Å². The zero-order valence-corrected chi connectivity index (χ0v) is 18.1. The average Bonchev–Trinajstić information content (AvgIpc) is 3.30. The van der Waals surface area contributed by atoms with Crippen LogP contribution in [0.15, 0.2) is 4.99 Å². The van der Waals surface area contributed by atoms with Crippen molar-refractivity contribution in [3.05, 3.63) is 0 Å². The van der Waals surface area contributed by atoms with Gasteiger partial charge in [-0.1, -0.05) is 12.8 Å². The lowest BCUT2D eigenvalue weighted by Crippen LogP contribution is -2.48. The quantitative estimate of drug-likeness (QED) is 0.211. The molecule has 1 aliphatic carbocycles. The van der Waals surface area contributed by atoms with Crippen LogP contribution in [0.25, 0.3) is 0 Å². The summed E-state index contributed by atoms with van der Waals surface area (Å²) in [7, 11) is 3.27. The van der Waals surface area contributed by atoms with Crippen LogP contribution in [0.4, 0.5) is 0 Å². The van der Waals surface area contributed by atoms with Gasteiger partial charge in [-0.3, -0.25) is 14.6 Å². The molecule has 1 aliphatic heterocycles. The Kier molecular flexibility index (Phi) is 10.9. The van der Waals surface area contributed by atoms with Crippen molar-refractivity contribution in [1.82, 2.24) is 20.9 Å². The molecule has 0 aromatic rings. The molecule has 1 saturated heterocycles. The number of hydrogen-bond acceptors (Lipinski definition) is 4. The molecule has 1 heterocycles. The van der Waals surface area contributed by atoms with Gasteiger partial charge in [-0.05, 0) is 19.3 Å². The Labute approximate surface area is 172 Å². The first-order valence-electron chi connectivity index (χ1n) is 9.15. The number of nitrogens with zero attached hydrogens (tertiary/aromatic N) is 2. The van der Waals surface area contributed by atoms with Crippen molar-refractivity contribution in [3.8, 4) is 0 Å². The Morgan fingerprint density at radius 3 is 2.58 bits per heavy atom. The van der Waals surface area contributed by atoms with Gasteiger partial charge in [0, 0.05) is 45.8 Å². The van der Waals surface area contributed by atoms with Crippen LogP contribution < -0.4 is 16.0 Å². The molecule has 2 rings (SSSR count). The van der Waals surface area contributed by atoms with Crippen LogP contribution in [-0.4, -0.2) is 75.7 Å². The van der Waals surface area contributed by atoms with E-state index in [1.54, 1.807) is 14.2 Å². The second-order valence-electron chi connectivity index (χ2n) is 6.66. The molecule has 2 aliphatic rings. The third-order valence-corrected chi connectivity index (χ3v) is 4.81. The summed E-state index contributed by atoms with van der Waals surface area (Å²) in [5, 5.41) is 9.06. The van der Waals surface area contributed by atoms with Gasteiger partial charge >= 0.3 is 0 Å². The van der Waals surface area contributed by atoms with Crippen LogP contribution in [0.2, 0.25) is 0 Å². The summed E-state index contributed by atoms with van der Waals surface area (Å²) in [5.41, 5.74) is 0.